The summed E-state index contributed by atoms with van der Waals surface area (Å²) in [5.74, 6) is -0.839. The van der Waals surface area contributed by atoms with E-state index in [-0.39, 0.29) is 11.5 Å². The van der Waals surface area contributed by atoms with E-state index in [0.29, 0.717) is 21.9 Å². The number of hydrogen-bond donors (Lipinski definition) is 0. The van der Waals surface area contributed by atoms with Crippen molar-refractivity contribution in [2.75, 3.05) is 6.54 Å². The second-order valence-corrected chi connectivity index (χ2v) is 6.86. The molecule has 0 N–H and O–H groups in total. The Bertz CT molecular complexity index is 631. The SMILES string of the molecule is CCN(Cc1ccc(Cl)s1)C(=O)c1ccc(Br)cc1F. The number of hydrogen-bond acceptors (Lipinski definition) is 2. The molecular formula is C14H12BrClFNOS. The standard InChI is InChI=1S/C14H12BrClFNOS/c1-2-18(8-10-4-6-13(16)20-10)14(19)11-5-3-9(15)7-12(11)17/h3-7H,2,8H2,1H3. The Morgan fingerprint density at radius 3 is 2.70 bits per heavy atom. The lowest BCUT2D eigenvalue weighted by Crippen LogP contribution is -2.30. The van der Waals surface area contributed by atoms with Crippen molar-refractivity contribution in [3.05, 3.63) is 55.4 Å². The molecule has 0 spiro atoms. The summed E-state index contributed by atoms with van der Waals surface area (Å²) in [5.41, 5.74) is 0.0812. The van der Waals surface area contributed by atoms with Crippen molar-refractivity contribution >= 4 is 44.8 Å². The first-order valence-corrected chi connectivity index (χ1v) is 7.98. The van der Waals surface area contributed by atoms with Gasteiger partial charge in [0.15, 0.2) is 0 Å². The van der Waals surface area contributed by atoms with Gasteiger partial charge in [-0.15, -0.1) is 11.3 Å². The van der Waals surface area contributed by atoms with Crippen molar-refractivity contribution in [3.63, 3.8) is 0 Å². The van der Waals surface area contributed by atoms with Crippen LogP contribution in [0.5, 0.6) is 0 Å². The molecule has 0 aliphatic carbocycles. The van der Waals surface area contributed by atoms with Crippen LogP contribution in [-0.2, 0) is 6.54 Å². The summed E-state index contributed by atoms with van der Waals surface area (Å²) in [6, 6.07) is 8.11. The number of rotatable bonds is 4. The van der Waals surface area contributed by atoms with Gasteiger partial charge >= 0.3 is 0 Å². The monoisotopic (exact) mass is 375 g/mol. The first-order chi connectivity index (χ1) is 9.51. The van der Waals surface area contributed by atoms with Crippen molar-refractivity contribution in [3.8, 4) is 0 Å². The van der Waals surface area contributed by atoms with E-state index in [9.17, 15) is 9.18 Å². The van der Waals surface area contributed by atoms with Crippen LogP contribution in [0.25, 0.3) is 0 Å². The number of carbonyl (C=O) groups is 1. The highest BCUT2D eigenvalue weighted by Gasteiger charge is 2.19. The number of benzene rings is 1. The van der Waals surface area contributed by atoms with Crippen LogP contribution in [0.15, 0.2) is 34.8 Å². The third kappa shape index (κ3) is 3.59. The minimum Gasteiger partial charge on any atom is -0.334 e. The average molecular weight is 377 g/mol. The van der Waals surface area contributed by atoms with Gasteiger partial charge in [-0.3, -0.25) is 4.79 Å². The van der Waals surface area contributed by atoms with Crippen molar-refractivity contribution in [2.24, 2.45) is 0 Å². The topological polar surface area (TPSA) is 20.3 Å². The summed E-state index contributed by atoms with van der Waals surface area (Å²) < 4.78 is 15.1. The summed E-state index contributed by atoms with van der Waals surface area (Å²) >= 11 is 10.5. The molecule has 0 unspecified atom stereocenters. The van der Waals surface area contributed by atoms with E-state index in [2.05, 4.69) is 15.9 Å². The third-order valence-electron chi connectivity index (χ3n) is 2.81. The largest absolute Gasteiger partial charge is 0.334 e. The summed E-state index contributed by atoms with van der Waals surface area (Å²) in [4.78, 5) is 14.9. The molecule has 1 amide bonds. The van der Waals surface area contributed by atoms with E-state index in [1.54, 1.807) is 17.0 Å². The Balaban J connectivity index is 2.20. The predicted molar refractivity (Wildman–Crippen MR) is 83.8 cm³/mol. The van der Waals surface area contributed by atoms with Gasteiger partial charge in [0.2, 0.25) is 0 Å². The molecule has 1 aromatic carbocycles. The van der Waals surface area contributed by atoms with Gasteiger partial charge in [-0.25, -0.2) is 4.39 Å². The predicted octanol–water partition coefficient (Wildman–Crippen LogP) is 4.97. The van der Waals surface area contributed by atoms with Gasteiger partial charge in [-0.1, -0.05) is 27.5 Å². The molecule has 0 atom stereocenters. The number of thiophene rings is 1. The van der Waals surface area contributed by atoms with Gasteiger partial charge in [0, 0.05) is 15.9 Å². The fourth-order valence-corrected chi connectivity index (χ4v) is 3.22. The van der Waals surface area contributed by atoms with Crippen molar-refractivity contribution < 1.29 is 9.18 Å². The Kier molecular flexibility index (Phi) is 5.18. The lowest BCUT2D eigenvalue weighted by Gasteiger charge is -2.20. The molecule has 0 bridgehead atoms. The van der Waals surface area contributed by atoms with Gasteiger partial charge in [0.25, 0.3) is 5.91 Å². The van der Waals surface area contributed by atoms with Gasteiger partial charge in [0.1, 0.15) is 5.82 Å². The molecule has 0 radical (unpaired) electrons. The highest BCUT2D eigenvalue weighted by Crippen LogP contribution is 2.24. The molecule has 1 aromatic heterocycles. The van der Waals surface area contributed by atoms with Gasteiger partial charge in [0.05, 0.1) is 16.4 Å². The maximum absolute atomic E-state index is 13.8. The lowest BCUT2D eigenvalue weighted by atomic mass is 10.2. The van der Waals surface area contributed by atoms with Crippen molar-refractivity contribution in [2.45, 2.75) is 13.5 Å². The van der Waals surface area contributed by atoms with E-state index in [1.165, 1.54) is 23.5 Å². The lowest BCUT2D eigenvalue weighted by molar-refractivity contribution is 0.0749. The fraction of sp³-hybridized carbons (Fsp3) is 0.214. The minimum absolute atomic E-state index is 0.0812. The second-order valence-electron chi connectivity index (χ2n) is 4.15. The van der Waals surface area contributed by atoms with Crippen molar-refractivity contribution in [1.82, 2.24) is 4.90 Å². The smallest absolute Gasteiger partial charge is 0.257 e. The minimum atomic E-state index is -0.521. The van der Waals surface area contributed by atoms with Crippen LogP contribution in [0, 0.1) is 5.82 Å². The van der Waals surface area contributed by atoms with Crippen LogP contribution in [0.3, 0.4) is 0 Å². The Hall–Kier alpha value is -0.910. The molecule has 2 aromatic rings. The van der Waals surface area contributed by atoms with Gasteiger partial charge < -0.3 is 4.90 Å². The maximum atomic E-state index is 13.8. The fourth-order valence-electron chi connectivity index (χ4n) is 1.79. The van der Waals surface area contributed by atoms with Crippen LogP contribution >= 0.6 is 38.9 Å². The first kappa shape index (κ1) is 15.5. The number of amides is 1. The summed E-state index contributed by atoms with van der Waals surface area (Å²) in [6.45, 7) is 2.80. The number of carbonyl (C=O) groups excluding carboxylic acids is 1. The highest BCUT2D eigenvalue weighted by atomic mass is 79.9. The third-order valence-corrected chi connectivity index (χ3v) is 4.52. The summed E-state index contributed by atoms with van der Waals surface area (Å²) in [5, 5.41) is 0. The average Bonchev–Trinajstić information content (AvgIpc) is 2.81. The molecule has 2 nitrogen and oxygen atoms in total. The molecule has 0 fully saturated rings. The zero-order chi connectivity index (χ0) is 14.7. The molecule has 1 heterocycles. The molecule has 0 saturated carbocycles. The zero-order valence-electron chi connectivity index (χ0n) is 10.7. The van der Waals surface area contributed by atoms with E-state index in [0.717, 1.165) is 4.88 Å². The first-order valence-electron chi connectivity index (χ1n) is 5.99. The summed E-state index contributed by atoms with van der Waals surface area (Å²) in [7, 11) is 0. The molecular weight excluding hydrogens is 365 g/mol. The van der Waals surface area contributed by atoms with Crippen LogP contribution in [-0.4, -0.2) is 17.4 Å². The second kappa shape index (κ2) is 6.70. The molecule has 0 aliphatic rings. The van der Waals surface area contributed by atoms with E-state index >= 15 is 0 Å². The number of halogens is 3. The molecule has 0 aliphatic heterocycles. The van der Waals surface area contributed by atoms with Gasteiger partial charge in [-0.2, -0.15) is 0 Å². The molecule has 20 heavy (non-hydrogen) atoms. The quantitative estimate of drug-likeness (QED) is 0.738. The van der Waals surface area contributed by atoms with Gasteiger partial charge in [-0.05, 0) is 37.3 Å². The van der Waals surface area contributed by atoms with E-state index in [1.807, 2.05) is 13.0 Å². The van der Waals surface area contributed by atoms with Crippen LogP contribution in [0.4, 0.5) is 4.39 Å². The molecule has 0 saturated heterocycles. The normalized spacial score (nSPS) is 10.6. The van der Waals surface area contributed by atoms with Crippen LogP contribution in [0.2, 0.25) is 4.34 Å². The Morgan fingerprint density at radius 2 is 2.15 bits per heavy atom. The maximum Gasteiger partial charge on any atom is 0.257 e. The molecule has 2 rings (SSSR count). The Morgan fingerprint density at radius 1 is 1.40 bits per heavy atom. The highest BCUT2D eigenvalue weighted by molar-refractivity contribution is 9.10. The molecule has 106 valence electrons. The van der Waals surface area contributed by atoms with E-state index in [4.69, 9.17) is 11.6 Å². The number of nitrogens with zero attached hydrogens (tertiary/aromatic N) is 1. The molecule has 6 heteroatoms. The zero-order valence-corrected chi connectivity index (χ0v) is 13.9. The van der Waals surface area contributed by atoms with Crippen LogP contribution in [0.1, 0.15) is 22.2 Å². The van der Waals surface area contributed by atoms with Crippen molar-refractivity contribution in [1.29, 1.82) is 0 Å². The summed E-state index contributed by atoms with van der Waals surface area (Å²) in [6.07, 6.45) is 0. The van der Waals surface area contributed by atoms with Crippen LogP contribution < -0.4 is 0 Å². The van der Waals surface area contributed by atoms with E-state index < -0.39 is 5.82 Å². The Labute approximate surface area is 134 Å².